The van der Waals surface area contributed by atoms with Crippen LogP contribution in [-0.4, -0.2) is 40.1 Å². The zero-order chi connectivity index (χ0) is 21.0. The summed E-state index contributed by atoms with van der Waals surface area (Å²) in [5.41, 5.74) is 1.92. The van der Waals surface area contributed by atoms with Gasteiger partial charge in [-0.3, -0.25) is 9.10 Å². The van der Waals surface area contributed by atoms with Crippen LogP contribution in [0.4, 0.5) is 5.69 Å². The van der Waals surface area contributed by atoms with E-state index in [0.717, 1.165) is 22.7 Å². The van der Waals surface area contributed by atoms with Crippen molar-refractivity contribution in [3.05, 3.63) is 58.6 Å². The van der Waals surface area contributed by atoms with E-state index in [-0.39, 0.29) is 17.5 Å². The number of ether oxygens (including phenoxy) is 1. The van der Waals surface area contributed by atoms with Crippen LogP contribution < -0.4 is 9.62 Å². The molecule has 2 aromatic carbocycles. The van der Waals surface area contributed by atoms with Gasteiger partial charge in [-0.05, 0) is 56.5 Å². The van der Waals surface area contributed by atoms with Crippen molar-refractivity contribution in [1.82, 2.24) is 5.32 Å². The Hall–Kier alpha value is -2.09. The van der Waals surface area contributed by atoms with Crippen molar-refractivity contribution in [2.24, 2.45) is 0 Å². The molecule has 1 atom stereocenters. The summed E-state index contributed by atoms with van der Waals surface area (Å²) in [5.74, 6) is -0.393. The van der Waals surface area contributed by atoms with Crippen molar-refractivity contribution >= 4 is 33.2 Å². The quantitative estimate of drug-likeness (QED) is 0.721. The fourth-order valence-electron chi connectivity index (χ4n) is 3.22. The second kappa shape index (κ2) is 9.15. The highest BCUT2D eigenvalue weighted by atomic mass is 35.5. The lowest BCUT2D eigenvalue weighted by Gasteiger charge is -2.26. The van der Waals surface area contributed by atoms with Gasteiger partial charge in [-0.1, -0.05) is 35.4 Å². The lowest BCUT2D eigenvalue weighted by atomic mass is 10.2. The van der Waals surface area contributed by atoms with Crippen molar-refractivity contribution < 1.29 is 17.9 Å². The predicted octanol–water partition coefficient (Wildman–Crippen LogP) is 3.45. The van der Waals surface area contributed by atoms with Crippen LogP contribution in [0.5, 0.6) is 0 Å². The molecule has 0 spiro atoms. The number of rotatable bonds is 7. The molecule has 1 N–H and O–H groups in total. The molecule has 6 nitrogen and oxygen atoms in total. The van der Waals surface area contributed by atoms with Gasteiger partial charge in [0.2, 0.25) is 5.91 Å². The van der Waals surface area contributed by atoms with Crippen LogP contribution >= 0.6 is 11.6 Å². The molecule has 0 unspecified atom stereocenters. The maximum absolute atomic E-state index is 13.4. The van der Waals surface area contributed by atoms with E-state index in [1.165, 1.54) is 0 Å². The van der Waals surface area contributed by atoms with Crippen LogP contribution in [0.3, 0.4) is 0 Å². The first-order valence-corrected chi connectivity index (χ1v) is 11.3. The summed E-state index contributed by atoms with van der Waals surface area (Å²) < 4.78 is 33.4. The molecule has 156 valence electrons. The summed E-state index contributed by atoms with van der Waals surface area (Å²) in [6.07, 6.45) is 1.84. The summed E-state index contributed by atoms with van der Waals surface area (Å²) in [6, 6.07) is 11.6. The minimum atomic E-state index is -3.96. The minimum absolute atomic E-state index is 0.0194. The number of benzene rings is 2. The number of halogens is 1. The number of carbonyl (C=O) groups excluding carboxylic acids is 1. The molecule has 0 aliphatic carbocycles. The standard InChI is InChI=1S/C21H25ClN2O4S/c1-15-8-10-18(11-9-15)29(26,27)24(20-7-3-6-19(22)16(20)2)14-21(25)23-13-17-5-4-12-28-17/h3,6-11,17H,4-5,12-14H2,1-2H3,(H,23,25)/t17-/m1/s1. The number of aryl methyl sites for hydroxylation is 1. The Morgan fingerprint density at radius 1 is 1.21 bits per heavy atom. The first-order valence-electron chi connectivity index (χ1n) is 9.52. The van der Waals surface area contributed by atoms with E-state index in [4.69, 9.17) is 16.3 Å². The summed E-state index contributed by atoms with van der Waals surface area (Å²) >= 11 is 6.22. The molecular formula is C21H25ClN2O4S. The third-order valence-corrected chi connectivity index (χ3v) is 7.14. The monoisotopic (exact) mass is 436 g/mol. The van der Waals surface area contributed by atoms with Gasteiger partial charge in [-0.25, -0.2) is 8.42 Å². The second-order valence-corrected chi connectivity index (χ2v) is 9.42. The Labute approximate surface area is 176 Å². The molecule has 0 aromatic heterocycles. The van der Waals surface area contributed by atoms with Gasteiger partial charge in [-0.2, -0.15) is 0 Å². The van der Waals surface area contributed by atoms with Crippen LogP contribution in [-0.2, 0) is 19.6 Å². The second-order valence-electron chi connectivity index (χ2n) is 7.15. The lowest BCUT2D eigenvalue weighted by molar-refractivity contribution is -0.120. The molecule has 1 amide bonds. The zero-order valence-corrected chi connectivity index (χ0v) is 18.1. The average Bonchev–Trinajstić information content (AvgIpc) is 3.21. The van der Waals surface area contributed by atoms with Crippen LogP contribution in [0.2, 0.25) is 5.02 Å². The van der Waals surface area contributed by atoms with Crippen LogP contribution in [0.15, 0.2) is 47.4 Å². The van der Waals surface area contributed by atoms with E-state index >= 15 is 0 Å². The predicted molar refractivity (Wildman–Crippen MR) is 114 cm³/mol. The van der Waals surface area contributed by atoms with Crippen LogP contribution in [0.1, 0.15) is 24.0 Å². The van der Waals surface area contributed by atoms with E-state index in [9.17, 15) is 13.2 Å². The number of hydrogen-bond acceptors (Lipinski definition) is 4. The normalized spacial score (nSPS) is 16.6. The van der Waals surface area contributed by atoms with Gasteiger partial charge in [0.1, 0.15) is 6.54 Å². The molecule has 1 saturated heterocycles. The van der Waals surface area contributed by atoms with E-state index in [0.29, 0.717) is 29.4 Å². The number of carbonyl (C=O) groups is 1. The fraction of sp³-hybridized carbons (Fsp3) is 0.381. The molecule has 0 saturated carbocycles. The van der Waals surface area contributed by atoms with Crippen LogP contribution in [0, 0.1) is 13.8 Å². The molecule has 0 radical (unpaired) electrons. The lowest BCUT2D eigenvalue weighted by Crippen LogP contribution is -2.43. The van der Waals surface area contributed by atoms with Crippen LogP contribution in [0.25, 0.3) is 0 Å². The minimum Gasteiger partial charge on any atom is -0.376 e. The highest BCUT2D eigenvalue weighted by Crippen LogP contribution is 2.30. The van der Waals surface area contributed by atoms with Crippen molar-refractivity contribution in [2.45, 2.75) is 37.7 Å². The first kappa shape index (κ1) is 21.6. The topological polar surface area (TPSA) is 75.7 Å². The Bertz CT molecular complexity index is 971. The third kappa shape index (κ3) is 5.10. The molecule has 1 heterocycles. The van der Waals surface area contributed by atoms with E-state index in [1.54, 1.807) is 49.4 Å². The summed E-state index contributed by atoms with van der Waals surface area (Å²) in [4.78, 5) is 12.7. The van der Waals surface area contributed by atoms with E-state index in [1.807, 2.05) is 6.92 Å². The molecule has 2 aromatic rings. The number of sulfonamides is 1. The van der Waals surface area contributed by atoms with Crippen molar-refractivity contribution in [1.29, 1.82) is 0 Å². The average molecular weight is 437 g/mol. The molecule has 1 aliphatic heterocycles. The van der Waals surface area contributed by atoms with Gasteiger partial charge in [0.05, 0.1) is 16.7 Å². The number of hydrogen-bond donors (Lipinski definition) is 1. The molecule has 8 heteroatoms. The highest BCUT2D eigenvalue weighted by Gasteiger charge is 2.29. The highest BCUT2D eigenvalue weighted by molar-refractivity contribution is 7.92. The third-order valence-electron chi connectivity index (χ3n) is 4.95. The molecule has 3 rings (SSSR count). The zero-order valence-electron chi connectivity index (χ0n) is 16.5. The van der Waals surface area contributed by atoms with Gasteiger partial charge in [0.15, 0.2) is 0 Å². The molecule has 0 bridgehead atoms. The molecule has 1 fully saturated rings. The maximum atomic E-state index is 13.4. The first-order chi connectivity index (χ1) is 13.8. The largest absolute Gasteiger partial charge is 0.376 e. The smallest absolute Gasteiger partial charge is 0.264 e. The Balaban J connectivity index is 1.90. The Morgan fingerprint density at radius 3 is 2.59 bits per heavy atom. The fourth-order valence-corrected chi connectivity index (χ4v) is 4.87. The van der Waals surface area contributed by atoms with Gasteiger partial charge in [0.25, 0.3) is 10.0 Å². The summed E-state index contributed by atoms with van der Waals surface area (Å²) in [5, 5.41) is 3.23. The van der Waals surface area contributed by atoms with Gasteiger partial charge >= 0.3 is 0 Å². The Morgan fingerprint density at radius 2 is 1.93 bits per heavy atom. The number of nitrogens with one attached hydrogen (secondary N) is 1. The number of amides is 1. The SMILES string of the molecule is Cc1ccc(S(=O)(=O)N(CC(=O)NC[C@H]2CCCO2)c2cccc(Cl)c2C)cc1. The van der Waals surface area contributed by atoms with Gasteiger partial charge < -0.3 is 10.1 Å². The number of nitrogens with zero attached hydrogens (tertiary/aromatic N) is 1. The van der Waals surface area contributed by atoms with Crippen molar-refractivity contribution in [2.75, 3.05) is 24.0 Å². The molecule has 29 heavy (non-hydrogen) atoms. The van der Waals surface area contributed by atoms with Crippen molar-refractivity contribution in [3.63, 3.8) is 0 Å². The van der Waals surface area contributed by atoms with Crippen molar-refractivity contribution in [3.8, 4) is 0 Å². The van der Waals surface area contributed by atoms with E-state index in [2.05, 4.69) is 5.32 Å². The maximum Gasteiger partial charge on any atom is 0.264 e. The van der Waals surface area contributed by atoms with Gasteiger partial charge in [0, 0.05) is 18.2 Å². The Kier molecular flexibility index (Phi) is 6.82. The molecule has 1 aliphatic rings. The molecular weight excluding hydrogens is 412 g/mol. The summed E-state index contributed by atoms with van der Waals surface area (Å²) in [6.45, 7) is 4.33. The summed E-state index contributed by atoms with van der Waals surface area (Å²) in [7, 11) is -3.96. The number of anilines is 1. The van der Waals surface area contributed by atoms with Gasteiger partial charge in [-0.15, -0.1) is 0 Å². The van der Waals surface area contributed by atoms with E-state index < -0.39 is 15.9 Å².